The topological polar surface area (TPSA) is 74.3 Å². The van der Waals surface area contributed by atoms with Crippen LogP contribution in [0.15, 0.2) is 18.2 Å². The maximum Gasteiger partial charge on any atom is 0.307 e. The van der Waals surface area contributed by atoms with Gasteiger partial charge in [-0.2, -0.15) is 0 Å². The van der Waals surface area contributed by atoms with E-state index in [2.05, 4.69) is 0 Å². The van der Waals surface area contributed by atoms with Crippen molar-refractivity contribution in [3.63, 3.8) is 0 Å². The van der Waals surface area contributed by atoms with Gasteiger partial charge >= 0.3 is 5.97 Å². The number of rotatable bonds is 6. The molecule has 0 aliphatic carbocycles. The summed E-state index contributed by atoms with van der Waals surface area (Å²) in [6, 6.07) is 5.27. The van der Waals surface area contributed by atoms with Gasteiger partial charge in [0.15, 0.2) is 11.5 Å². The van der Waals surface area contributed by atoms with Gasteiger partial charge in [-0.3, -0.25) is 9.59 Å². The number of hydrogen-bond acceptors (Lipinski definition) is 6. The normalized spacial score (nSPS) is 18.7. The molecule has 0 bridgehead atoms. The molecule has 1 aromatic carbocycles. The van der Waals surface area contributed by atoms with Crippen LogP contribution in [0, 0.1) is 0 Å². The molecule has 0 saturated carbocycles. The fraction of sp³-hybridized carbons (Fsp3) is 0.556. The molecular formula is C18H23NO6. The molecule has 7 nitrogen and oxygen atoms in total. The van der Waals surface area contributed by atoms with E-state index in [0.717, 1.165) is 12.8 Å². The molecule has 1 saturated heterocycles. The van der Waals surface area contributed by atoms with Crippen LogP contribution in [0.3, 0.4) is 0 Å². The largest absolute Gasteiger partial charge is 0.486 e. The average molecular weight is 349 g/mol. The minimum Gasteiger partial charge on any atom is -0.486 e. The maximum atomic E-state index is 13.1. The molecule has 0 N–H and O–H groups in total. The summed E-state index contributed by atoms with van der Waals surface area (Å²) in [7, 11) is 1.34. The molecule has 136 valence electrons. The van der Waals surface area contributed by atoms with Gasteiger partial charge in [0.25, 0.3) is 5.91 Å². The molecule has 7 heteroatoms. The van der Waals surface area contributed by atoms with Crippen molar-refractivity contribution in [1.82, 2.24) is 4.90 Å². The summed E-state index contributed by atoms with van der Waals surface area (Å²) in [5.41, 5.74) is 0.445. The summed E-state index contributed by atoms with van der Waals surface area (Å²) in [6.07, 6.45) is 2.04. The smallest absolute Gasteiger partial charge is 0.307 e. The molecule has 3 rings (SSSR count). The van der Waals surface area contributed by atoms with E-state index in [-0.39, 0.29) is 30.9 Å². The first-order valence-corrected chi connectivity index (χ1v) is 8.55. The second-order valence-corrected chi connectivity index (χ2v) is 6.04. The van der Waals surface area contributed by atoms with Crippen LogP contribution in [-0.2, 0) is 14.3 Å². The lowest BCUT2D eigenvalue weighted by Crippen LogP contribution is -2.39. The zero-order valence-electron chi connectivity index (χ0n) is 14.4. The Morgan fingerprint density at radius 1 is 1.24 bits per heavy atom. The molecule has 0 aromatic heterocycles. The van der Waals surface area contributed by atoms with Crippen molar-refractivity contribution >= 4 is 11.9 Å². The van der Waals surface area contributed by atoms with Gasteiger partial charge in [-0.25, -0.2) is 0 Å². The summed E-state index contributed by atoms with van der Waals surface area (Å²) in [5.74, 6) is 0.498. The third-order valence-corrected chi connectivity index (χ3v) is 4.35. The second-order valence-electron chi connectivity index (χ2n) is 6.04. The number of hydrogen-bond donors (Lipinski definition) is 0. The van der Waals surface area contributed by atoms with E-state index in [9.17, 15) is 9.59 Å². The van der Waals surface area contributed by atoms with Gasteiger partial charge in [-0.1, -0.05) is 6.07 Å². The van der Waals surface area contributed by atoms with E-state index in [4.69, 9.17) is 18.9 Å². The monoisotopic (exact) mass is 349 g/mol. The zero-order chi connectivity index (χ0) is 17.6. The van der Waals surface area contributed by atoms with Crippen molar-refractivity contribution in [3.8, 4) is 11.5 Å². The number of nitrogens with zero attached hydrogens (tertiary/aromatic N) is 1. The number of fused-ring (bicyclic) bond motifs is 1. The first-order chi connectivity index (χ1) is 12.2. The third kappa shape index (κ3) is 4.22. The van der Waals surface area contributed by atoms with Gasteiger partial charge in [0.05, 0.1) is 25.2 Å². The van der Waals surface area contributed by atoms with Crippen LogP contribution >= 0.6 is 0 Å². The number of amides is 1. The Morgan fingerprint density at radius 2 is 2.08 bits per heavy atom. The van der Waals surface area contributed by atoms with Crippen molar-refractivity contribution in [2.75, 3.05) is 40.0 Å². The maximum absolute atomic E-state index is 13.1. The highest BCUT2D eigenvalue weighted by atomic mass is 16.6. The SMILES string of the molecule is COC(=O)CCN(C[C@H]1CCCO1)C(=O)c1cccc2c1OCCO2. The third-order valence-electron chi connectivity index (χ3n) is 4.35. The lowest BCUT2D eigenvalue weighted by atomic mass is 10.1. The number of carbonyl (C=O) groups excluding carboxylic acids is 2. The molecular weight excluding hydrogens is 326 g/mol. The van der Waals surface area contributed by atoms with Crippen LogP contribution in [0.2, 0.25) is 0 Å². The zero-order valence-corrected chi connectivity index (χ0v) is 14.4. The van der Waals surface area contributed by atoms with E-state index in [1.165, 1.54) is 7.11 Å². The van der Waals surface area contributed by atoms with E-state index in [1.54, 1.807) is 23.1 Å². The number of esters is 1. The molecule has 0 radical (unpaired) electrons. The molecule has 2 aliphatic heterocycles. The standard InChI is InChI=1S/C18H23NO6/c1-22-16(20)7-8-19(12-13-4-3-9-23-13)18(21)14-5-2-6-15-17(14)25-11-10-24-15/h2,5-6,13H,3-4,7-12H2,1H3/t13-/m1/s1. The quantitative estimate of drug-likeness (QED) is 0.727. The van der Waals surface area contributed by atoms with Crippen LogP contribution in [0.4, 0.5) is 0 Å². The summed E-state index contributed by atoms with van der Waals surface area (Å²) in [4.78, 5) is 26.2. The van der Waals surface area contributed by atoms with Crippen LogP contribution in [-0.4, -0.2) is 62.9 Å². The second kappa shape index (κ2) is 8.20. The lowest BCUT2D eigenvalue weighted by molar-refractivity contribution is -0.140. The van der Waals surface area contributed by atoms with Gasteiger partial charge in [-0.15, -0.1) is 0 Å². The molecule has 0 spiro atoms. The predicted molar refractivity (Wildman–Crippen MR) is 88.9 cm³/mol. The fourth-order valence-corrected chi connectivity index (χ4v) is 3.05. The Labute approximate surface area is 146 Å². The highest BCUT2D eigenvalue weighted by Gasteiger charge is 2.28. The van der Waals surface area contributed by atoms with Gasteiger partial charge in [0, 0.05) is 19.7 Å². The fourth-order valence-electron chi connectivity index (χ4n) is 3.05. The predicted octanol–water partition coefficient (Wildman–Crippen LogP) is 1.64. The average Bonchev–Trinajstić information content (AvgIpc) is 3.17. The lowest BCUT2D eigenvalue weighted by Gasteiger charge is -2.27. The van der Waals surface area contributed by atoms with Gasteiger partial charge in [0.1, 0.15) is 13.2 Å². The Morgan fingerprint density at radius 3 is 2.84 bits per heavy atom. The van der Waals surface area contributed by atoms with E-state index < -0.39 is 0 Å². The molecule has 25 heavy (non-hydrogen) atoms. The van der Waals surface area contributed by atoms with Crippen LogP contribution in [0.5, 0.6) is 11.5 Å². The van der Waals surface area contributed by atoms with Crippen LogP contribution in [0.1, 0.15) is 29.6 Å². The number of benzene rings is 1. The summed E-state index contributed by atoms with van der Waals surface area (Å²) >= 11 is 0. The number of carbonyl (C=O) groups is 2. The summed E-state index contributed by atoms with van der Waals surface area (Å²) in [6.45, 7) is 2.30. The minimum atomic E-state index is -0.347. The Balaban J connectivity index is 1.78. The van der Waals surface area contributed by atoms with Crippen molar-refractivity contribution in [2.24, 2.45) is 0 Å². The van der Waals surface area contributed by atoms with E-state index in [0.29, 0.717) is 43.4 Å². The van der Waals surface area contributed by atoms with E-state index in [1.807, 2.05) is 0 Å². The number of para-hydroxylation sites is 1. The molecule has 1 aromatic rings. The number of methoxy groups -OCH3 is 1. The molecule has 0 unspecified atom stereocenters. The van der Waals surface area contributed by atoms with Crippen molar-refractivity contribution in [1.29, 1.82) is 0 Å². The van der Waals surface area contributed by atoms with Gasteiger partial charge < -0.3 is 23.8 Å². The van der Waals surface area contributed by atoms with E-state index >= 15 is 0 Å². The molecule has 1 fully saturated rings. The first-order valence-electron chi connectivity index (χ1n) is 8.55. The van der Waals surface area contributed by atoms with Gasteiger partial charge in [0.2, 0.25) is 0 Å². The highest BCUT2D eigenvalue weighted by molar-refractivity contribution is 5.98. The molecule has 2 aliphatic rings. The molecule has 2 heterocycles. The van der Waals surface area contributed by atoms with Crippen molar-refractivity contribution in [2.45, 2.75) is 25.4 Å². The van der Waals surface area contributed by atoms with Crippen molar-refractivity contribution < 1.29 is 28.5 Å². The first kappa shape index (κ1) is 17.5. The Kier molecular flexibility index (Phi) is 5.75. The van der Waals surface area contributed by atoms with Crippen molar-refractivity contribution in [3.05, 3.63) is 23.8 Å². The minimum absolute atomic E-state index is 0.00157. The Hall–Kier alpha value is -2.28. The Bertz CT molecular complexity index is 626. The van der Waals surface area contributed by atoms with Gasteiger partial charge in [-0.05, 0) is 25.0 Å². The molecule has 1 amide bonds. The molecule has 1 atom stereocenters. The summed E-state index contributed by atoms with van der Waals surface area (Å²) in [5, 5.41) is 0. The number of ether oxygens (including phenoxy) is 4. The highest BCUT2D eigenvalue weighted by Crippen LogP contribution is 2.34. The summed E-state index contributed by atoms with van der Waals surface area (Å²) < 4.78 is 21.5. The van der Waals surface area contributed by atoms with Crippen LogP contribution in [0.25, 0.3) is 0 Å². The van der Waals surface area contributed by atoms with Crippen LogP contribution < -0.4 is 9.47 Å².